The van der Waals surface area contributed by atoms with Gasteiger partial charge >= 0.3 is 6.01 Å². The number of fused-ring (bicyclic) bond motifs is 1. The average molecular weight is 543 g/mol. The Morgan fingerprint density at radius 1 is 1.10 bits per heavy atom. The molecule has 0 saturated heterocycles. The molecule has 2 aliphatic rings. The number of hydrogen-bond donors (Lipinski definition) is 2. The lowest BCUT2D eigenvalue weighted by atomic mass is 9.71. The second-order valence-electron chi connectivity index (χ2n) is 10.1. The predicted octanol–water partition coefficient (Wildman–Crippen LogP) is 5.09. The van der Waals surface area contributed by atoms with E-state index in [0.29, 0.717) is 24.7 Å². The lowest BCUT2D eigenvalue weighted by molar-refractivity contribution is -0.119. The van der Waals surface area contributed by atoms with Crippen LogP contribution in [0, 0.1) is 0 Å². The number of rotatable bonds is 9. The standard InChI is InChI=1S/C29H30N6O3S/c1-29(13-8-14-29)27-32-23(26(39-27)30-15-16-37-2)25-34-35-28(38-25)33-24-21(36)17-19-11-6-7-12-20(19)22(31-24)18-9-4-3-5-10-18/h3-7,9-12,24,30H,8,13-17H2,1-2H3,(H,33,35)/t24-/m1/s1. The van der Waals surface area contributed by atoms with E-state index in [0.717, 1.165) is 45.3 Å². The van der Waals surface area contributed by atoms with Crippen LogP contribution >= 0.6 is 11.3 Å². The molecule has 0 unspecified atom stereocenters. The average Bonchev–Trinajstić information content (AvgIpc) is 3.55. The van der Waals surface area contributed by atoms with Crippen molar-refractivity contribution >= 4 is 33.8 Å². The fraction of sp³-hybridized carbons (Fsp3) is 0.345. The molecule has 2 aromatic heterocycles. The van der Waals surface area contributed by atoms with Crippen molar-refractivity contribution in [3.05, 3.63) is 76.3 Å². The van der Waals surface area contributed by atoms with Gasteiger partial charge in [-0.1, -0.05) is 73.0 Å². The molecule has 1 fully saturated rings. The van der Waals surface area contributed by atoms with Gasteiger partial charge in [0.15, 0.2) is 17.6 Å². The van der Waals surface area contributed by atoms with Gasteiger partial charge in [0.1, 0.15) is 10.0 Å². The van der Waals surface area contributed by atoms with Crippen LogP contribution in [0.3, 0.4) is 0 Å². The van der Waals surface area contributed by atoms with Crippen LogP contribution in [0.2, 0.25) is 0 Å². The predicted molar refractivity (Wildman–Crippen MR) is 152 cm³/mol. The molecular formula is C29H30N6O3S. The third kappa shape index (κ3) is 5.09. The highest BCUT2D eigenvalue weighted by Crippen LogP contribution is 2.47. The maximum atomic E-state index is 13.3. The Balaban J connectivity index is 1.30. The number of nitrogens with zero attached hydrogens (tertiary/aromatic N) is 4. The zero-order valence-electron chi connectivity index (χ0n) is 21.9. The zero-order chi connectivity index (χ0) is 26.8. The van der Waals surface area contributed by atoms with Gasteiger partial charge in [0.25, 0.3) is 5.89 Å². The Morgan fingerprint density at radius 2 is 1.90 bits per heavy atom. The normalized spacial score (nSPS) is 18.1. The Morgan fingerprint density at radius 3 is 2.67 bits per heavy atom. The number of benzene rings is 2. The van der Waals surface area contributed by atoms with Crippen LogP contribution in [0.4, 0.5) is 11.0 Å². The van der Waals surface area contributed by atoms with Crippen molar-refractivity contribution in [2.24, 2.45) is 4.99 Å². The summed E-state index contributed by atoms with van der Waals surface area (Å²) in [5, 5.41) is 16.9. The third-order valence-corrected chi connectivity index (χ3v) is 8.65. The number of hydrogen-bond acceptors (Lipinski definition) is 10. The summed E-state index contributed by atoms with van der Waals surface area (Å²) in [6, 6.07) is 17.9. The number of ketones is 1. The molecule has 1 atom stereocenters. The maximum Gasteiger partial charge on any atom is 0.317 e. The minimum Gasteiger partial charge on any atom is -0.402 e. The van der Waals surface area contributed by atoms with E-state index in [1.165, 1.54) is 6.42 Å². The van der Waals surface area contributed by atoms with Crippen molar-refractivity contribution in [3.63, 3.8) is 0 Å². The fourth-order valence-corrected chi connectivity index (χ4v) is 6.11. The molecule has 0 radical (unpaired) electrons. The molecule has 2 N–H and O–H groups in total. The summed E-state index contributed by atoms with van der Waals surface area (Å²) in [5.41, 5.74) is 4.26. The topological polar surface area (TPSA) is 115 Å². The number of anilines is 2. The van der Waals surface area contributed by atoms with E-state index in [2.05, 4.69) is 27.8 Å². The molecular weight excluding hydrogens is 512 g/mol. The van der Waals surface area contributed by atoms with Crippen LogP contribution in [-0.4, -0.2) is 53.1 Å². The number of thiazole rings is 1. The van der Waals surface area contributed by atoms with Gasteiger partial charge in [-0.25, -0.2) is 4.98 Å². The molecule has 3 heterocycles. The van der Waals surface area contributed by atoms with Crippen LogP contribution in [0.25, 0.3) is 11.6 Å². The van der Waals surface area contributed by atoms with E-state index in [9.17, 15) is 4.79 Å². The van der Waals surface area contributed by atoms with Crippen molar-refractivity contribution in [1.29, 1.82) is 0 Å². The monoisotopic (exact) mass is 542 g/mol. The molecule has 10 heteroatoms. The van der Waals surface area contributed by atoms with Crippen LogP contribution in [0.5, 0.6) is 0 Å². The van der Waals surface area contributed by atoms with Gasteiger partial charge in [-0.2, -0.15) is 0 Å². The molecule has 200 valence electrons. The summed E-state index contributed by atoms with van der Waals surface area (Å²) in [6.07, 6.45) is 2.80. The maximum absolute atomic E-state index is 13.3. The summed E-state index contributed by atoms with van der Waals surface area (Å²) in [7, 11) is 1.67. The van der Waals surface area contributed by atoms with Gasteiger partial charge in [0, 0.05) is 36.6 Å². The van der Waals surface area contributed by atoms with Crippen molar-refractivity contribution < 1.29 is 13.9 Å². The molecule has 0 spiro atoms. The van der Waals surface area contributed by atoms with Crippen molar-refractivity contribution in [1.82, 2.24) is 15.2 Å². The first kappa shape index (κ1) is 25.4. The van der Waals surface area contributed by atoms with E-state index in [-0.39, 0.29) is 23.6 Å². The molecule has 6 rings (SSSR count). The second-order valence-corrected chi connectivity index (χ2v) is 11.1. The van der Waals surface area contributed by atoms with E-state index in [1.807, 2.05) is 54.6 Å². The largest absolute Gasteiger partial charge is 0.402 e. The fourth-order valence-electron chi connectivity index (χ4n) is 4.92. The highest BCUT2D eigenvalue weighted by Gasteiger charge is 2.38. The smallest absolute Gasteiger partial charge is 0.317 e. The molecule has 1 aliphatic heterocycles. The number of methoxy groups -OCH3 is 1. The Bertz CT molecular complexity index is 1510. The highest BCUT2D eigenvalue weighted by molar-refractivity contribution is 7.16. The summed E-state index contributed by atoms with van der Waals surface area (Å²) >= 11 is 1.62. The molecule has 9 nitrogen and oxygen atoms in total. The molecule has 4 aromatic rings. The summed E-state index contributed by atoms with van der Waals surface area (Å²) in [6.45, 7) is 3.45. The lowest BCUT2D eigenvalue weighted by Crippen LogP contribution is -2.30. The molecule has 1 saturated carbocycles. The quantitative estimate of drug-likeness (QED) is 0.281. The van der Waals surface area contributed by atoms with Gasteiger partial charge in [-0.05, 0) is 18.4 Å². The first-order valence-electron chi connectivity index (χ1n) is 13.1. The summed E-state index contributed by atoms with van der Waals surface area (Å²) in [5.74, 6) is 0.211. The van der Waals surface area contributed by atoms with E-state index < -0.39 is 6.17 Å². The summed E-state index contributed by atoms with van der Waals surface area (Å²) in [4.78, 5) is 23.1. The van der Waals surface area contributed by atoms with Gasteiger partial charge in [0.2, 0.25) is 0 Å². The van der Waals surface area contributed by atoms with Gasteiger partial charge in [-0.3, -0.25) is 9.79 Å². The highest BCUT2D eigenvalue weighted by atomic mass is 32.1. The minimum absolute atomic E-state index is 0.0754. The lowest BCUT2D eigenvalue weighted by Gasteiger charge is -2.36. The third-order valence-electron chi connectivity index (χ3n) is 7.33. The zero-order valence-corrected chi connectivity index (χ0v) is 22.8. The van der Waals surface area contributed by atoms with Crippen molar-refractivity contribution in [2.45, 2.75) is 44.2 Å². The molecule has 0 bridgehead atoms. The van der Waals surface area contributed by atoms with Crippen molar-refractivity contribution in [2.75, 3.05) is 30.9 Å². The Kier molecular flexibility index (Phi) is 6.97. The number of aromatic nitrogens is 3. The summed E-state index contributed by atoms with van der Waals surface area (Å²) < 4.78 is 11.2. The number of aliphatic imine (C=N–C) groups is 1. The van der Waals surface area contributed by atoms with Crippen LogP contribution in [-0.2, 0) is 21.4 Å². The number of nitrogens with one attached hydrogen (secondary N) is 2. The molecule has 0 amide bonds. The van der Waals surface area contributed by atoms with E-state index in [4.69, 9.17) is 19.1 Å². The minimum atomic E-state index is -0.875. The number of carbonyl (C=O) groups excluding carboxylic acids is 1. The first-order valence-corrected chi connectivity index (χ1v) is 13.9. The molecule has 2 aromatic carbocycles. The van der Waals surface area contributed by atoms with Gasteiger partial charge in [0.05, 0.1) is 12.3 Å². The van der Waals surface area contributed by atoms with Crippen LogP contribution in [0.15, 0.2) is 64.0 Å². The van der Waals surface area contributed by atoms with Crippen LogP contribution < -0.4 is 10.6 Å². The molecule has 1 aliphatic carbocycles. The second kappa shape index (κ2) is 10.7. The Hall–Kier alpha value is -3.89. The van der Waals surface area contributed by atoms with Crippen LogP contribution in [0.1, 0.15) is 47.9 Å². The number of Topliss-reactive ketones (excluding diaryl/α,β-unsaturated/α-hetero) is 1. The first-order chi connectivity index (χ1) is 19.0. The van der Waals surface area contributed by atoms with Gasteiger partial charge < -0.3 is 19.8 Å². The van der Waals surface area contributed by atoms with E-state index in [1.54, 1.807) is 18.4 Å². The SMILES string of the molecule is COCCNc1sc(C2(C)CCC2)nc1-c1nnc(N[C@H]2N=C(c3ccccc3)c3ccccc3CC2=O)o1. The molecule has 39 heavy (non-hydrogen) atoms. The number of ether oxygens (including phenoxy) is 1. The van der Waals surface area contributed by atoms with Crippen molar-refractivity contribution in [3.8, 4) is 11.6 Å². The Labute approximate surface area is 230 Å². The van der Waals surface area contributed by atoms with E-state index >= 15 is 0 Å². The number of carbonyl (C=O) groups is 1. The van der Waals surface area contributed by atoms with Gasteiger partial charge in [-0.15, -0.1) is 16.4 Å².